The minimum atomic E-state index is -1.83. The van der Waals surface area contributed by atoms with E-state index in [9.17, 15) is 14.7 Å². The lowest BCUT2D eigenvalue weighted by Gasteiger charge is -2.22. The van der Waals surface area contributed by atoms with Gasteiger partial charge in [-0.25, -0.2) is 11.0 Å². The van der Waals surface area contributed by atoms with Crippen LogP contribution in [0.5, 0.6) is 0 Å². The lowest BCUT2D eigenvalue weighted by Crippen LogP contribution is -2.50. The van der Waals surface area contributed by atoms with Crippen LogP contribution in [0.1, 0.15) is 16.7 Å². The average molecular weight is 450 g/mol. The first-order valence-electron chi connectivity index (χ1n) is 10.4. The SMILES string of the molecule is O=C(NOCc1ccccc1)[C@H](O)[C@@H](OCc1ccccc1)C(=O)NOCc1ccccc1. The fraction of sp³-hybridized carbons (Fsp3) is 0.200. The van der Waals surface area contributed by atoms with E-state index in [2.05, 4.69) is 11.0 Å². The Labute approximate surface area is 192 Å². The molecule has 0 fully saturated rings. The van der Waals surface area contributed by atoms with Crippen molar-refractivity contribution >= 4 is 11.8 Å². The molecule has 2 amide bonds. The first kappa shape index (κ1) is 24.1. The summed E-state index contributed by atoms with van der Waals surface area (Å²) in [7, 11) is 0. The number of hydroxylamine groups is 2. The predicted octanol–water partition coefficient (Wildman–Crippen LogP) is 2.43. The highest BCUT2D eigenvalue weighted by Crippen LogP contribution is 2.09. The number of carbonyl (C=O) groups is 2. The van der Waals surface area contributed by atoms with Gasteiger partial charge in [0, 0.05) is 0 Å². The molecule has 8 nitrogen and oxygen atoms in total. The number of hydrogen-bond acceptors (Lipinski definition) is 6. The summed E-state index contributed by atoms with van der Waals surface area (Å²) < 4.78 is 5.58. The van der Waals surface area contributed by atoms with Gasteiger partial charge in [0.15, 0.2) is 12.2 Å². The van der Waals surface area contributed by atoms with Gasteiger partial charge in [0.2, 0.25) is 0 Å². The molecule has 0 aromatic heterocycles. The van der Waals surface area contributed by atoms with E-state index in [1.807, 2.05) is 78.9 Å². The van der Waals surface area contributed by atoms with E-state index in [0.29, 0.717) is 0 Å². The lowest BCUT2D eigenvalue weighted by molar-refractivity contribution is -0.166. The number of rotatable bonds is 12. The normalized spacial score (nSPS) is 12.5. The minimum Gasteiger partial charge on any atom is -0.380 e. The van der Waals surface area contributed by atoms with E-state index in [0.717, 1.165) is 16.7 Å². The van der Waals surface area contributed by atoms with Crippen LogP contribution >= 0.6 is 0 Å². The Bertz CT molecular complexity index is 986. The molecule has 0 saturated heterocycles. The number of benzene rings is 3. The summed E-state index contributed by atoms with van der Waals surface area (Å²) in [6.45, 7) is 0.217. The second-order valence-electron chi connectivity index (χ2n) is 7.14. The second-order valence-corrected chi connectivity index (χ2v) is 7.14. The molecule has 0 heterocycles. The summed E-state index contributed by atoms with van der Waals surface area (Å²) >= 11 is 0. The van der Waals surface area contributed by atoms with Crippen molar-refractivity contribution in [2.24, 2.45) is 0 Å². The standard InChI is InChI=1S/C25H26N2O6/c28-22(24(29)26-32-17-20-12-6-2-7-13-20)23(31-16-19-10-4-1-5-11-19)25(30)27-33-18-21-14-8-3-9-15-21/h1-15,22-23,28H,16-18H2,(H,26,29)(H,27,30)/t22-,23-/m1/s1. The van der Waals surface area contributed by atoms with Crippen LogP contribution in [0, 0.1) is 0 Å². The zero-order valence-electron chi connectivity index (χ0n) is 17.9. The van der Waals surface area contributed by atoms with Crippen molar-refractivity contribution < 1.29 is 29.1 Å². The molecule has 0 aliphatic carbocycles. The average Bonchev–Trinajstić information content (AvgIpc) is 2.86. The third kappa shape index (κ3) is 8.13. The number of aliphatic hydroxyl groups excluding tert-OH is 1. The Morgan fingerprint density at radius 3 is 1.48 bits per heavy atom. The highest BCUT2D eigenvalue weighted by Gasteiger charge is 2.34. The highest BCUT2D eigenvalue weighted by molar-refractivity contribution is 5.90. The zero-order valence-corrected chi connectivity index (χ0v) is 17.9. The fourth-order valence-corrected chi connectivity index (χ4v) is 2.86. The van der Waals surface area contributed by atoms with Gasteiger partial charge in [-0.2, -0.15) is 0 Å². The molecule has 33 heavy (non-hydrogen) atoms. The predicted molar refractivity (Wildman–Crippen MR) is 120 cm³/mol. The van der Waals surface area contributed by atoms with Crippen molar-refractivity contribution in [3.05, 3.63) is 108 Å². The first-order valence-corrected chi connectivity index (χ1v) is 10.4. The molecule has 0 unspecified atom stereocenters. The molecule has 172 valence electrons. The second kappa shape index (κ2) is 13.1. The quantitative estimate of drug-likeness (QED) is 0.366. The molecule has 2 atom stereocenters. The Morgan fingerprint density at radius 2 is 1.03 bits per heavy atom. The number of nitrogens with one attached hydrogen (secondary N) is 2. The zero-order chi connectivity index (χ0) is 23.3. The van der Waals surface area contributed by atoms with E-state index < -0.39 is 24.0 Å². The van der Waals surface area contributed by atoms with E-state index >= 15 is 0 Å². The summed E-state index contributed by atoms with van der Waals surface area (Å²) in [5.74, 6) is -1.71. The van der Waals surface area contributed by atoms with Gasteiger partial charge in [0.25, 0.3) is 11.8 Å². The smallest absolute Gasteiger partial charge is 0.275 e. The molecule has 3 rings (SSSR count). The Morgan fingerprint density at radius 1 is 0.636 bits per heavy atom. The van der Waals surface area contributed by atoms with Crippen LogP contribution in [0.3, 0.4) is 0 Å². The number of carbonyl (C=O) groups excluding carboxylic acids is 2. The van der Waals surface area contributed by atoms with Gasteiger partial charge in [0.05, 0.1) is 19.8 Å². The van der Waals surface area contributed by atoms with E-state index in [1.54, 1.807) is 12.1 Å². The number of amides is 2. The van der Waals surface area contributed by atoms with E-state index in [1.165, 1.54) is 0 Å². The summed E-state index contributed by atoms with van der Waals surface area (Å²) in [5, 5.41) is 10.5. The van der Waals surface area contributed by atoms with Gasteiger partial charge >= 0.3 is 0 Å². The topological polar surface area (TPSA) is 106 Å². The van der Waals surface area contributed by atoms with Gasteiger partial charge in [-0.05, 0) is 16.7 Å². The Kier molecular flexibility index (Phi) is 9.56. The van der Waals surface area contributed by atoms with Gasteiger partial charge in [-0.3, -0.25) is 19.3 Å². The molecule has 3 N–H and O–H groups in total. The molecular weight excluding hydrogens is 424 g/mol. The summed E-state index contributed by atoms with van der Waals surface area (Å²) in [6, 6.07) is 27.5. The first-order chi connectivity index (χ1) is 16.1. The maximum atomic E-state index is 12.7. The van der Waals surface area contributed by atoms with Crippen LogP contribution in [0.4, 0.5) is 0 Å². The molecule has 3 aromatic rings. The van der Waals surface area contributed by atoms with Crippen molar-refractivity contribution in [1.82, 2.24) is 11.0 Å². The van der Waals surface area contributed by atoms with Crippen LogP contribution in [0.2, 0.25) is 0 Å². The summed E-state index contributed by atoms with van der Waals surface area (Å²) in [6.07, 6.45) is -3.36. The Balaban J connectivity index is 1.56. The molecule has 0 aliphatic heterocycles. The molecule has 0 spiro atoms. The van der Waals surface area contributed by atoms with Crippen molar-refractivity contribution in [3.8, 4) is 0 Å². The molecule has 0 radical (unpaired) electrons. The maximum absolute atomic E-state index is 12.7. The van der Waals surface area contributed by atoms with Gasteiger partial charge in [0.1, 0.15) is 0 Å². The molecule has 0 bridgehead atoms. The number of aliphatic hydroxyl groups is 1. The van der Waals surface area contributed by atoms with Crippen molar-refractivity contribution in [3.63, 3.8) is 0 Å². The molecule has 0 aliphatic rings. The van der Waals surface area contributed by atoms with Crippen LogP contribution < -0.4 is 11.0 Å². The summed E-state index contributed by atoms with van der Waals surface area (Å²) in [5.41, 5.74) is 6.84. The van der Waals surface area contributed by atoms with Gasteiger partial charge in [-0.1, -0.05) is 91.0 Å². The monoisotopic (exact) mass is 450 g/mol. The third-order valence-corrected chi connectivity index (χ3v) is 4.60. The minimum absolute atomic E-state index is 0.00677. The third-order valence-electron chi connectivity index (χ3n) is 4.60. The fourth-order valence-electron chi connectivity index (χ4n) is 2.86. The molecule has 8 heteroatoms. The maximum Gasteiger partial charge on any atom is 0.275 e. The lowest BCUT2D eigenvalue weighted by atomic mass is 10.1. The summed E-state index contributed by atoms with van der Waals surface area (Å²) in [4.78, 5) is 35.4. The molecule has 3 aromatic carbocycles. The number of hydrogen-bond donors (Lipinski definition) is 3. The van der Waals surface area contributed by atoms with Crippen LogP contribution in [0.25, 0.3) is 0 Å². The van der Waals surface area contributed by atoms with Crippen molar-refractivity contribution in [2.75, 3.05) is 0 Å². The van der Waals surface area contributed by atoms with E-state index in [4.69, 9.17) is 14.4 Å². The van der Waals surface area contributed by atoms with Gasteiger partial charge < -0.3 is 9.84 Å². The van der Waals surface area contributed by atoms with Crippen LogP contribution in [-0.4, -0.2) is 29.1 Å². The number of ether oxygens (including phenoxy) is 1. The van der Waals surface area contributed by atoms with Crippen molar-refractivity contribution in [2.45, 2.75) is 32.0 Å². The van der Waals surface area contributed by atoms with Crippen molar-refractivity contribution in [1.29, 1.82) is 0 Å². The van der Waals surface area contributed by atoms with Gasteiger partial charge in [-0.15, -0.1) is 0 Å². The molecule has 0 saturated carbocycles. The van der Waals surface area contributed by atoms with E-state index in [-0.39, 0.29) is 19.8 Å². The Hall–Kier alpha value is -3.56. The molecular formula is C25H26N2O6. The van der Waals surface area contributed by atoms with Crippen LogP contribution in [-0.2, 0) is 43.8 Å². The largest absolute Gasteiger partial charge is 0.380 e. The van der Waals surface area contributed by atoms with Crippen LogP contribution in [0.15, 0.2) is 91.0 Å². The highest BCUT2D eigenvalue weighted by atomic mass is 16.7.